The van der Waals surface area contributed by atoms with Crippen LogP contribution in [0.15, 0.2) is 22.6 Å². The van der Waals surface area contributed by atoms with E-state index in [0.29, 0.717) is 5.92 Å². The Balaban J connectivity index is 2.78. The van der Waals surface area contributed by atoms with Crippen LogP contribution in [0.25, 0.3) is 0 Å². The lowest BCUT2D eigenvalue weighted by Crippen LogP contribution is -2.05. The van der Waals surface area contributed by atoms with Gasteiger partial charge in [-0.2, -0.15) is 0 Å². The number of thioether (sulfide) groups is 1. The first-order valence-electron chi connectivity index (χ1n) is 5.11. The first kappa shape index (κ1) is 10.9. The molecule has 0 radical (unpaired) electrons. The van der Waals surface area contributed by atoms with Crippen LogP contribution in [-0.2, 0) is 0 Å². The smallest absolute Gasteiger partial charge is 0.0193 e. The summed E-state index contributed by atoms with van der Waals surface area (Å²) in [4.78, 5) is 0. The van der Waals surface area contributed by atoms with Gasteiger partial charge in [0, 0.05) is 5.75 Å². The molecule has 0 saturated carbocycles. The zero-order valence-electron chi connectivity index (χ0n) is 9.13. The van der Waals surface area contributed by atoms with Gasteiger partial charge in [0.15, 0.2) is 0 Å². The van der Waals surface area contributed by atoms with E-state index in [1.54, 1.807) is 11.1 Å². The highest BCUT2D eigenvalue weighted by Crippen LogP contribution is 2.29. The molecule has 0 aromatic carbocycles. The molecule has 1 rings (SSSR count). The first-order chi connectivity index (χ1) is 6.11. The fourth-order valence-electron chi connectivity index (χ4n) is 1.64. The summed E-state index contributed by atoms with van der Waals surface area (Å²) < 4.78 is 0. The van der Waals surface area contributed by atoms with E-state index in [0.717, 1.165) is 5.92 Å². The van der Waals surface area contributed by atoms with Gasteiger partial charge in [-0.05, 0) is 29.2 Å². The third kappa shape index (κ3) is 3.22. The molecular formula is C12H20S. The Hall–Kier alpha value is -0.170. The molecule has 1 aliphatic rings. The number of hydrogen-bond acceptors (Lipinski definition) is 1. The van der Waals surface area contributed by atoms with Gasteiger partial charge in [0.25, 0.3) is 0 Å². The van der Waals surface area contributed by atoms with E-state index in [1.165, 1.54) is 12.2 Å². The lowest BCUT2D eigenvalue weighted by molar-refractivity contribution is 0.634. The fourth-order valence-corrected chi connectivity index (χ4v) is 2.70. The summed E-state index contributed by atoms with van der Waals surface area (Å²) in [6.45, 7) is 9.19. The number of allylic oxidation sites excluding steroid dienone is 2. The summed E-state index contributed by atoms with van der Waals surface area (Å²) in [6.07, 6.45) is 3.55. The molecule has 1 heteroatoms. The first-order valence-corrected chi connectivity index (χ1v) is 6.16. The highest BCUT2D eigenvalue weighted by molar-refractivity contribution is 8.02. The fraction of sp³-hybridized carbons (Fsp3) is 0.667. The molecule has 0 spiro atoms. The van der Waals surface area contributed by atoms with Gasteiger partial charge in [-0.25, -0.2) is 0 Å². The Morgan fingerprint density at radius 3 is 2.54 bits per heavy atom. The summed E-state index contributed by atoms with van der Waals surface area (Å²) >= 11 is 1.92. The van der Waals surface area contributed by atoms with E-state index in [-0.39, 0.29) is 0 Å². The topological polar surface area (TPSA) is 0 Å². The Labute approximate surface area is 86.5 Å². The van der Waals surface area contributed by atoms with Gasteiger partial charge in [-0.1, -0.05) is 39.3 Å². The minimum Gasteiger partial charge on any atom is -0.130 e. The summed E-state index contributed by atoms with van der Waals surface area (Å²) in [5.74, 6) is 2.69. The second kappa shape index (κ2) is 4.90. The minimum absolute atomic E-state index is 0.714. The molecule has 1 heterocycles. The van der Waals surface area contributed by atoms with E-state index < -0.39 is 0 Å². The monoisotopic (exact) mass is 196 g/mol. The molecule has 13 heavy (non-hydrogen) atoms. The van der Waals surface area contributed by atoms with Crippen molar-refractivity contribution in [3.8, 4) is 0 Å². The van der Waals surface area contributed by atoms with E-state index in [2.05, 4.69) is 39.2 Å². The van der Waals surface area contributed by atoms with Crippen molar-refractivity contribution >= 4 is 11.8 Å². The Morgan fingerprint density at radius 1 is 1.31 bits per heavy atom. The normalized spacial score (nSPS) is 17.7. The lowest BCUT2D eigenvalue weighted by atomic mass is 9.93. The quantitative estimate of drug-likeness (QED) is 0.650. The standard InChI is InChI=1S/C12H20S/c1-9(2)7-11-5-6-13-8-12(11)10(3)4/h5-6,9-10H,7-8H2,1-4H3. The molecule has 74 valence electrons. The second-order valence-corrected chi connectivity index (χ2v) is 5.31. The van der Waals surface area contributed by atoms with Crippen LogP contribution in [0.5, 0.6) is 0 Å². The average molecular weight is 196 g/mol. The summed E-state index contributed by atoms with van der Waals surface area (Å²) in [5.41, 5.74) is 3.24. The van der Waals surface area contributed by atoms with Gasteiger partial charge in [0.1, 0.15) is 0 Å². The number of hydrogen-bond donors (Lipinski definition) is 0. The summed E-state index contributed by atoms with van der Waals surface area (Å²) in [5, 5.41) is 2.24. The minimum atomic E-state index is 0.714. The van der Waals surface area contributed by atoms with Gasteiger partial charge in [-0.15, -0.1) is 11.8 Å². The molecule has 0 unspecified atom stereocenters. The molecule has 1 aliphatic heterocycles. The van der Waals surface area contributed by atoms with Crippen LogP contribution in [0, 0.1) is 11.8 Å². The largest absolute Gasteiger partial charge is 0.130 e. The van der Waals surface area contributed by atoms with Crippen LogP contribution in [0.3, 0.4) is 0 Å². The molecule has 0 atom stereocenters. The van der Waals surface area contributed by atoms with E-state index in [4.69, 9.17) is 0 Å². The molecule has 0 N–H and O–H groups in total. The Morgan fingerprint density at radius 2 is 2.00 bits per heavy atom. The van der Waals surface area contributed by atoms with Crippen molar-refractivity contribution < 1.29 is 0 Å². The van der Waals surface area contributed by atoms with Crippen molar-refractivity contribution in [1.29, 1.82) is 0 Å². The maximum Gasteiger partial charge on any atom is 0.0193 e. The van der Waals surface area contributed by atoms with Gasteiger partial charge >= 0.3 is 0 Å². The molecule has 0 aliphatic carbocycles. The summed E-state index contributed by atoms with van der Waals surface area (Å²) in [7, 11) is 0. The van der Waals surface area contributed by atoms with Crippen LogP contribution >= 0.6 is 11.8 Å². The van der Waals surface area contributed by atoms with E-state index >= 15 is 0 Å². The summed E-state index contributed by atoms with van der Waals surface area (Å²) in [6, 6.07) is 0. The molecule has 0 aromatic rings. The maximum atomic E-state index is 2.31. The number of rotatable bonds is 3. The maximum absolute atomic E-state index is 2.31. The van der Waals surface area contributed by atoms with Crippen molar-refractivity contribution in [2.45, 2.75) is 34.1 Å². The van der Waals surface area contributed by atoms with Crippen molar-refractivity contribution in [2.24, 2.45) is 11.8 Å². The molecule has 0 aromatic heterocycles. The van der Waals surface area contributed by atoms with Crippen LogP contribution < -0.4 is 0 Å². The van der Waals surface area contributed by atoms with Crippen molar-refractivity contribution in [1.82, 2.24) is 0 Å². The molecule has 0 saturated heterocycles. The predicted molar refractivity (Wildman–Crippen MR) is 62.9 cm³/mol. The highest BCUT2D eigenvalue weighted by Gasteiger charge is 2.12. The van der Waals surface area contributed by atoms with Gasteiger partial charge in [0.05, 0.1) is 0 Å². The van der Waals surface area contributed by atoms with Crippen LogP contribution in [0.4, 0.5) is 0 Å². The van der Waals surface area contributed by atoms with E-state index in [1.807, 2.05) is 11.8 Å². The van der Waals surface area contributed by atoms with Crippen LogP contribution in [-0.4, -0.2) is 5.75 Å². The third-order valence-corrected chi connectivity index (χ3v) is 3.15. The van der Waals surface area contributed by atoms with Crippen molar-refractivity contribution in [2.75, 3.05) is 5.75 Å². The zero-order chi connectivity index (χ0) is 9.84. The van der Waals surface area contributed by atoms with Crippen LogP contribution in [0.1, 0.15) is 34.1 Å². The Kier molecular flexibility index (Phi) is 4.11. The Bertz CT molecular complexity index is 221. The molecule has 0 bridgehead atoms. The average Bonchev–Trinajstić information content (AvgIpc) is 2.03. The predicted octanol–water partition coefficient (Wildman–Crippen LogP) is 4.25. The van der Waals surface area contributed by atoms with Crippen molar-refractivity contribution in [3.05, 3.63) is 22.6 Å². The SMILES string of the molecule is CC(C)CC1=C(C(C)C)CSC=C1. The highest BCUT2D eigenvalue weighted by atomic mass is 32.2. The molecular weight excluding hydrogens is 176 g/mol. The third-order valence-electron chi connectivity index (χ3n) is 2.34. The van der Waals surface area contributed by atoms with E-state index in [9.17, 15) is 0 Å². The van der Waals surface area contributed by atoms with Gasteiger partial charge < -0.3 is 0 Å². The lowest BCUT2D eigenvalue weighted by Gasteiger charge is -2.20. The molecule has 0 fully saturated rings. The molecule has 0 amide bonds. The second-order valence-electron chi connectivity index (χ2n) is 4.42. The van der Waals surface area contributed by atoms with Gasteiger partial charge in [0.2, 0.25) is 0 Å². The van der Waals surface area contributed by atoms with Crippen molar-refractivity contribution in [3.63, 3.8) is 0 Å². The van der Waals surface area contributed by atoms with Gasteiger partial charge in [-0.3, -0.25) is 0 Å². The van der Waals surface area contributed by atoms with Crippen LogP contribution in [0.2, 0.25) is 0 Å². The zero-order valence-corrected chi connectivity index (χ0v) is 9.95. The molecule has 0 nitrogen and oxygen atoms in total.